The predicted molar refractivity (Wildman–Crippen MR) is 79.2 cm³/mol. The van der Waals surface area contributed by atoms with Gasteiger partial charge in [0.25, 0.3) is 0 Å². The largest absolute Gasteiger partial charge is 0.370 e. The second kappa shape index (κ2) is 6.90. The van der Waals surface area contributed by atoms with Gasteiger partial charge in [-0.05, 0) is 11.6 Å². The van der Waals surface area contributed by atoms with E-state index in [1.165, 1.54) is 11.8 Å². The van der Waals surface area contributed by atoms with Gasteiger partial charge in [0, 0.05) is 25.6 Å². The molecule has 6 nitrogen and oxygen atoms in total. The number of primary amides is 1. The van der Waals surface area contributed by atoms with Gasteiger partial charge in [0.05, 0.1) is 11.6 Å². The van der Waals surface area contributed by atoms with Crippen molar-refractivity contribution >= 4 is 17.7 Å². The fraction of sp³-hybridized carbons (Fsp3) is 0.286. The van der Waals surface area contributed by atoms with Crippen molar-refractivity contribution < 1.29 is 4.79 Å². The van der Waals surface area contributed by atoms with Gasteiger partial charge in [-0.15, -0.1) is 10.2 Å². The molecule has 0 fully saturated rings. The van der Waals surface area contributed by atoms with Crippen LogP contribution in [0.25, 0.3) is 0 Å². The van der Waals surface area contributed by atoms with Crippen molar-refractivity contribution in [1.82, 2.24) is 14.8 Å². The number of thioether (sulfide) groups is 1. The molecular formula is C14H15N5OS. The van der Waals surface area contributed by atoms with Crippen LogP contribution in [0.4, 0.5) is 0 Å². The first kappa shape index (κ1) is 15.1. The Morgan fingerprint density at radius 2 is 2.19 bits per heavy atom. The molecule has 1 aromatic carbocycles. The number of benzene rings is 1. The summed E-state index contributed by atoms with van der Waals surface area (Å²) in [5, 5.41) is 18.0. The fourth-order valence-corrected chi connectivity index (χ4v) is 2.75. The first-order valence-corrected chi connectivity index (χ1v) is 7.37. The van der Waals surface area contributed by atoms with Crippen molar-refractivity contribution in [1.29, 1.82) is 5.26 Å². The second-order valence-electron chi connectivity index (χ2n) is 4.48. The second-order valence-corrected chi connectivity index (χ2v) is 5.42. The van der Waals surface area contributed by atoms with E-state index in [-0.39, 0.29) is 12.3 Å². The Morgan fingerprint density at radius 3 is 2.90 bits per heavy atom. The maximum absolute atomic E-state index is 10.8. The minimum absolute atomic E-state index is 0.258. The minimum Gasteiger partial charge on any atom is -0.370 e. The van der Waals surface area contributed by atoms with Crippen LogP contribution in [0.2, 0.25) is 0 Å². The van der Waals surface area contributed by atoms with E-state index in [2.05, 4.69) is 16.3 Å². The summed E-state index contributed by atoms with van der Waals surface area (Å²) in [7, 11) is 1.86. The third-order valence-electron chi connectivity index (χ3n) is 3.01. The summed E-state index contributed by atoms with van der Waals surface area (Å²) < 4.78 is 1.85. The molecular weight excluding hydrogens is 286 g/mol. The van der Waals surface area contributed by atoms with Crippen LogP contribution in [0.5, 0.6) is 0 Å². The van der Waals surface area contributed by atoms with Crippen molar-refractivity contribution in [3.63, 3.8) is 0 Å². The number of aryl methyl sites for hydroxylation is 1. The molecule has 1 heterocycles. The number of amides is 1. The third kappa shape index (κ3) is 3.83. The van der Waals surface area contributed by atoms with Gasteiger partial charge in [0.1, 0.15) is 5.82 Å². The maximum atomic E-state index is 10.8. The van der Waals surface area contributed by atoms with Crippen LogP contribution < -0.4 is 5.73 Å². The molecule has 2 N–H and O–H groups in total. The Labute approximate surface area is 127 Å². The SMILES string of the molecule is Cn1c(CCC(N)=O)nnc1SCc1ccccc1C#N. The molecule has 7 heteroatoms. The van der Waals surface area contributed by atoms with Crippen LogP contribution in [-0.4, -0.2) is 20.7 Å². The first-order chi connectivity index (χ1) is 10.1. The highest BCUT2D eigenvalue weighted by Gasteiger charge is 2.11. The lowest BCUT2D eigenvalue weighted by atomic mass is 10.1. The number of nitrogens with zero attached hydrogens (tertiary/aromatic N) is 4. The molecule has 0 unspecified atom stereocenters. The van der Waals surface area contributed by atoms with Crippen LogP contribution in [0.3, 0.4) is 0 Å². The molecule has 0 atom stereocenters. The van der Waals surface area contributed by atoms with Crippen molar-refractivity contribution in [3.05, 3.63) is 41.2 Å². The highest BCUT2D eigenvalue weighted by atomic mass is 32.2. The average Bonchev–Trinajstić information content (AvgIpc) is 2.83. The van der Waals surface area contributed by atoms with Gasteiger partial charge in [-0.1, -0.05) is 30.0 Å². The van der Waals surface area contributed by atoms with Gasteiger partial charge in [-0.3, -0.25) is 4.79 Å². The molecule has 2 aromatic rings. The van der Waals surface area contributed by atoms with Gasteiger partial charge in [-0.2, -0.15) is 5.26 Å². The summed E-state index contributed by atoms with van der Waals surface area (Å²) in [5.41, 5.74) is 6.76. The lowest BCUT2D eigenvalue weighted by Gasteiger charge is -2.04. The van der Waals surface area contributed by atoms with Crippen LogP contribution in [-0.2, 0) is 24.0 Å². The first-order valence-electron chi connectivity index (χ1n) is 6.39. The van der Waals surface area contributed by atoms with Gasteiger partial charge in [0.15, 0.2) is 5.16 Å². The monoisotopic (exact) mass is 301 g/mol. The Hall–Kier alpha value is -2.33. The van der Waals surface area contributed by atoms with Crippen LogP contribution in [0, 0.1) is 11.3 Å². The van der Waals surface area contributed by atoms with Gasteiger partial charge in [0.2, 0.25) is 5.91 Å². The molecule has 0 aliphatic heterocycles. The highest BCUT2D eigenvalue weighted by molar-refractivity contribution is 7.98. The number of hydrogen-bond acceptors (Lipinski definition) is 5. The standard InChI is InChI=1S/C14H15N5OS/c1-19-13(7-6-12(16)20)17-18-14(19)21-9-11-5-3-2-4-10(11)8-15/h2-5H,6-7,9H2,1H3,(H2,16,20). The van der Waals surface area contributed by atoms with E-state index >= 15 is 0 Å². The minimum atomic E-state index is -0.352. The van der Waals surface area contributed by atoms with E-state index in [1.807, 2.05) is 29.8 Å². The van der Waals surface area contributed by atoms with Gasteiger partial charge in [-0.25, -0.2) is 0 Å². The van der Waals surface area contributed by atoms with Crippen LogP contribution in [0.15, 0.2) is 29.4 Å². The van der Waals surface area contributed by atoms with E-state index in [4.69, 9.17) is 11.0 Å². The van der Waals surface area contributed by atoms with E-state index in [0.717, 1.165) is 16.5 Å². The Bertz CT molecular complexity index is 689. The normalized spacial score (nSPS) is 10.3. The number of carbonyl (C=O) groups is 1. The fourth-order valence-electron chi connectivity index (χ4n) is 1.82. The van der Waals surface area contributed by atoms with Gasteiger partial charge < -0.3 is 10.3 Å². The number of hydrogen-bond donors (Lipinski definition) is 1. The predicted octanol–water partition coefficient (Wildman–Crippen LogP) is 1.40. The summed E-state index contributed by atoms with van der Waals surface area (Å²) in [6.07, 6.45) is 0.738. The Kier molecular flexibility index (Phi) is 4.95. The van der Waals surface area contributed by atoms with E-state index in [0.29, 0.717) is 17.7 Å². The number of aromatic nitrogens is 3. The zero-order chi connectivity index (χ0) is 15.2. The summed E-state index contributed by atoms with van der Waals surface area (Å²) in [6, 6.07) is 9.65. The molecule has 21 heavy (non-hydrogen) atoms. The maximum Gasteiger partial charge on any atom is 0.217 e. The molecule has 0 aliphatic carbocycles. The van der Waals surface area contributed by atoms with Crippen LogP contribution in [0.1, 0.15) is 23.4 Å². The summed E-state index contributed by atoms with van der Waals surface area (Å²) in [5.74, 6) is 1.02. The summed E-state index contributed by atoms with van der Waals surface area (Å²) in [4.78, 5) is 10.8. The van der Waals surface area contributed by atoms with Crippen molar-refractivity contribution in [2.75, 3.05) is 0 Å². The average molecular weight is 301 g/mol. The molecule has 0 saturated heterocycles. The number of carbonyl (C=O) groups excluding carboxylic acids is 1. The molecule has 0 radical (unpaired) electrons. The topological polar surface area (TPSA) is 97.6 Å². The quantitative estimate of drug-likeness (QED) is 0.813. The van der Waals surface area contributed by atoms with Crippen LogP contribution >= 0.6 is 11.8 Å². The van der Waals surface area contributed by atoms with Crippen molar-refractivity contribution in [2.45, 2.75) is 23.8 Å². The number of nitrogens with two attached hydrogens (primary N) is 1. The number of rotatable bonds is 6. The highest BCUT2D eigenvalue weighted by Crippen LogP contribution is 2.23. The Morgan fingerprint density at radius 1 is 1.43 bits per heavy atom. The molecule has 0 aliphatic rings. The molecule has 0 saturated carbocycles. The van der Waals surface area contributed by atoms with Crippen molar-refractivity contribution in [3.8, 4) is 6.07 Å². The zero-order valence-corrected chi connectivity index (χ0v) is 12.4. The lowest BCUT2D eigenvalue weighted by molar-refractivity contribution is -0.118. The summed E-state index contributed by atoms with van der Waals surface area (Å²) in [6.45, 7) is 0. The van der Waals surface area contributed by atoms with E-state index < -0.39 is 0 Å². The molecule has 1 aromatic heterocycles. The van der Waals surface area contributed by atoms with E-state index in [1.54, 1.807) is 6.07 Å². The number of nitriles is 1. The Balaban J connectivity index is 2.04. The molecule has 2 rings (SSSR count). The molecule has 108 valence electrons. The van der Waals surface area contributed by atoms with E-state index in [9.17, 15) is 4.79 Å². The molecule has 1 amide bonds. The molecule has 0 spiro atoms. The zero-order valence-electron chi connectivity index (χ0n) is 11.6. The lowest BCUT2D eigenvalue weighted by Crippen LogP contribution is -2.12. The van der Waals surface area contributed by atoms with Crippen molar-refractivity contribution in [2.24, 2.45) is 12.8 Å². The molecule has 0 bridgehead atoms. The third-order valence-corrected chi connectivity index (χ3v) is 4.08. The van der Waals surface area contributed by atoms with Gasteiger partial charge >= 0.3 is 0 Å². The smallest absolute Gasteiger partial charge is 0.217 e. The summed E-state index contributed by atoms with van der Waals surface area (Å²) >= 11 is 1.51.